The van der Waals surface area contributed by atoms with Gasteiger partial charge in [-0.25, -0.2) is 13.9 Å². The molecule has 1 N–H and O–H groups in total. The molecule has 6 nitrogen and oxygen atoms in total. The van der Waals surface area contributed by atoms with Gasteiger partial charge < -0.3 is 10.1 Å². The van der Waals surface area contributed by atoms with E-state index >= 15 is 0 Å². The van der Waals surface area contributed by atoms with Gasteiger partial charge in [0.15, 0.2) is 5.65 Å². The fraction of sp³-hybridized carbons (Fsp3) is 0.269. The summed E-state index contributed by atoms with van der Waals surface area (Å²) in [4.78, 5) is 17.3. The van der Waals surface area contributed by atoms with Gasteiger partial charge in [-0.3, -0.25) is 4.79 Å². The average Bonchev–Trinajstić information content (AvgIpc) is 3.14. The normalized spacial score (nSPS) is 11.1. The number of aryl methyl sites for hydroxylation is 3. The third-order valence-electron chi connectivity index (χ3n) is 5.90. The monoisotopic (exact) mass is 446 g/mol. The van der Waals surface area contributed by atoms with Crippen LogP contribution in [-0.4, -0.2) is 27.6 Å². The standard InChI is InChI=1S/C26H27FN4O2/c1-16-22(13-14-24(32)28-15-20-7-5-6-8-23(20)33-4)18(3)31-26(29-16)25(17(2)30-31)19-9-11-21(27)12-10-19/h5-12H,13-15H2,1-4H3,(H,28,32). The van der Waals surface area contributed by atoms with Gasteiger partial charge in [0.2, 0.25) is 5.91 Å². The number of aromatic nitrogens is 3. The molecule has 0 saturated heterocycles. The molecule has 0 unspecified atom stereocenters. The van der Waals surface area contributed by atoms with E-state index in [1.807, 2.05) is 49.6 Å². The van der Waals surface area contributed by atoms with Crippen LogP contribution < -0.4 is 10.1 Å². The molecule has 0 radical (unpaired) electrons. The Morgan fingerprint density at radius 3 is 2.52 bits per heavy atom. The van der Waals surface area contributed by atoms with Gasteiger partial charge in [0.1, 0.15) is 11.6 Å². The van der Waals surface area contributed by atoms with E-state index in [0.29, 0.717) is 19.4 Å². The Morgan fingerprint density at radius 2 is 1.79 bits per heavy atom. The van der Waals surface area contributed by atoms with Crippen LogP contribution in [0.3, 0.4) is 0 Å². The molecular weight excluding hydrogens is 419 g/mol. The van der Waals surface area contributed by atoms with E-state index in [-0.39, 0.29) is 11.7 Å². The predicted molar refractivity (Wildman–Crippen MR) is 126 cm³/mol. The van der Waals surface area contributed by atoms with Crippen LogP contribution in [0.2, 0.25) is 0 Å². The van der Waals surface area contributed by atoms with Crippen molar-refractivity contribution in [2.24, 2.45) is 0 Å². The summed E-state index contributed by atoms with van der Waals surface area (Å²) in [7, 11) is 1.62. The highest BCUT2D eigenvalue weighted by atomic mass is 19.1. The molecule has 0 aliphatic rings. The molecule has 0 aliphatic heterocycles. The molecule has 1 amide bonds. The fourth-order valence-electron chi connectivity index (χ4n) is 4.15. The maximum Gasteiger partial charge on any atom is 0.220 e. The Hall–Kier alpha value is -3.74. The summed E-state index contributed by atoms with van der Waals surface area (Å²) in [6, 6.07) is 14.0. The van der Waals surface area contributed by atoms with Crippen molar-refractivity contribution in [3.63, 3.8) is 0 Å². The van der Waals surface area contributed by atoms with E-state index in [1.165, 1.54) is 12.1 Å². The van der Waals surface area contributed by atoms with E-state index in [4.69, 9.17) is 9.72 Å². The van der Waals surface area contributed by atoms with Crippen molar-refractivity contribution < 1.29 is 13.9 Å². The van der Waals surface area contributed by atoms with Crippen molar-refractivity contribution in [1.82, 2.24) is 19.9 Å². The third-order valence-corrected chi connectivity index (χ3v) is 5.90. The minimum absolute atomic E-state index is 0.0385. The second-order valence-electron chi connectivity index (χ2n) is 8.05. The van der Waals surface area contributed by atoms with Gasteiger partial charge in [-0.2, -0.15) is 5.10 Å². The average molecular weight is 447 g/mol. The molecule has 0 bridgehead atoms. The number of nitrogens with zero attached hydrogens (tertiary/aromatic N) is 3. The lowest BCUT2D eigenvalue weighted by Gasteiger charge is -2.12. The van der Waals surface area contributed by atoms with Crippen molar-refractivity contribution in [2.75, 3.05) is 7.11 Å². The summed E-state index contributed by atoms with van der Waals surface area (Å²) in [6.07, 6.45) is 0.901. The lowest BCUT2D eigenvalue weighted by Crippen LogP contribution is -2.23. The molecule has 2 aromatic carbocycles. The van der Waals surface area contributed by atoms with Crippen LogP contribution in [0.1, 0.15) is 34.6 Å². The lowest BCUT2D eigenvalue weighted by molar-refractivity contribution is -0.121. The maximum atomic E-state index is 13.4. The molecule has 0 fully saturated rings. The summed E-state index contributed by atoms with van der Waals surface area (Å²) in [5.41, 5.74) is 7.07. The van der Waals surface area contributed by atoms with Gasteiger partial charge in [-0.05, 0) is 56.5 Å². The summed E-state index contributed by atoms with van der Waals surface area (Å²) in [5.74, 6) is 0.438. The number of fused-ring (bicyclic) bond motifs is 1. The van der Waals surface area contributed by atoms with Gasteiger partial charge in [0.05, 0.1) is 12.8 Å². The molecule has 0 saturated carbocycles. The second-order valence-corrected chi connectivity index (χ2v) is 8.05. The van der Waals surface area contributed by atoms with Crippen molar-refractivity contribution in [1.29, 1.82) is 0 Å². The van der Waals surface area contributed by atoms with Crippen LogP contribution in [-0.2, 0) is 17.8 Å². The van der Waals surface area contributed by atoms with E-state index in [1.54, 1.807) is 19.2 Å². The molecule has 0 spiro atoms. The van der Waals surface area contributed by atoms with Gasteiger partial charge in [0.25, 0.3) is 0 Å². The number of hydrogen-bond acceptors (Lipinski definition) is 4. The van der Waals surface area contributed by atoms with Crippen LogP contribution in [0.4, 0.5) is 4.39 Å². The number of hydrogen-bond donors (Lipinski definition) is 1. The van der Waals surface area contributed by atoms with Gasteiger partial charge in [0, 0.05) is 35.5 Å². The Bertz CT molecular complexity index is 1310. The van der Waals surface area contributed by atoms with Crippen molar-refractivity contribution in [3.8, 4) is 16.9 Å². The Morgan fingerprint density at radius 1 is 1.06 bits per heavy atom. The summed E-state index contributed by atoms with van der Waals surface area (Å²) < 4.78 is 20.6. The van der Waals surface area contributed by atoms with Gasteiger partial charge >= 0.3 is 0 Å². The van der Waals surface area contributed by atoms with Crippen molar-refractivity contribution >= 4 is 11.6 Å². The summed E-state index contributed by atoms with van der Waals surface area (Å²) in [5, 5.41) is 7.65. The first kappa shape index (κ1) is 22.5. The van der Waals surface area contributed by atoms with Crippen LogP contribution in [0.5, 0.6) is 5.75 Å². The molecule has 7 heteroatoms. The van der Waals surface area contributed by atoms with Crippen LogP contribution in [0.25, 0.3) is 16.8 Å². The smallest absolute Gasteiger partial charge is 0.220 e. The lowest BCUT2D eigenvalue weighted by atomic mass is 10.0. The zero-order valence-electron chi connectivity index (χ0n) is 19.3. The summed E-state index contributed by atoms with van der Waals surface area (Å²) >= 11 is 0. The fourth-order valence-corrected chi connectivity index (χ4v) is 4.15. The SMILES string of the molecule is COc1ccccc1CNC(=O)CCc1c(C)nc2c(-c3ccc(F)cc3)c(C)nn2c1C. The number of para-hydroxylation sites is 1. The van der Waals surface area contributed by atoms with Gasteiger partial charge in [-0.1, -0.05) is 30.3 Å². The number of carbonyl (C=O) groups is 1. The van der Waals surface area contributed by atoms with E-state index < -0.39 is 0 Å². The van der Waals surface area contributed by atoms with Crippen LogP contribution >= 0.6 is 0 Å². The topological polar surface area (TPSA) is 68.5 Å². The first-order chi connectivity index (χ1) is 15.9. The second kappa shape index (κ2) is 9.40. The number of nitrogens with one attached hydrogen (secondary N) is 1. The molecule has 2 heterocycles. The Balaban J connectivity index is 1.53. The molecule has 33 heavy (non-hydrogen) atoms. The minimum Gasteiger partial charge on any atom is -0.496 e. The number of carbonyl (C=O) groups excluding carboxylic acids is 1. The van der Waals surface area contributed by atoms with Crippen molar-refractivity contribution in [2.45, 2.75) is 40.2 Å². The first-order valence-corrected chi connectivity index (χ1v) is 10.9. The first-order valence-electron chi connectivity index (χ1n) is 10.9. The number of benzene rings is 2. The van der Waals surface area contributed by atoms with Gasteiger partial charge in [-0.15, -0.1) is 0 Å². The number of rotatable bonds is 7. The summed E-state index contributed by atoms with van der Waals surface area (Å²) in [6.45, 7) is 6.28. The quantitative estimate of drug-likeness (QED) is 0.446. The molecule has 170 valence electrons. The van der Waals surface area contributed by atoms with Crippen LogP contribution in [0, 0.1) is 26.6 Å². The Labute approximate surface area is 192 Å². The zero-order valence-corrected chi connectivity index (χ0v) is 19.3. The molecule has 0 aliphatic carbocycles. The number of amides is 1. The highest BCUT2D eigenvalue weighted by Crippen LogP contribution is 2.29. The van der Waals surface area contributed by atoms with Crippen molar-refractivity contribution in [3.05, 3.63) is 82.6 Å². The minimum atomic E-state index is -0.278. The number of halogens is 1. The molecular formula is C26H27FN4O2. The molecule has 2 aromatic heterocycles. The van der Waals surface area contributed by atoms with E-state index in [2.05, 4.69) is 10.4 Å². The van der Waals surface area contributed by atoms with E-state index in [9.17, 15) is 9.18 Å². The zero-order chi connectivity index (χ0) is 23.5. The highest BCUT2D eigenvalue weighted by molar-refractivity contribution is 5.80. The molecule has 0 atom stereocenters. The van der Waals surface area contributed by atoms with Crippen LogP contribution in [0.15, 0.2) is 48.5 Å². The number of methoxy groups -OCH3 is 1. The third kappa shape index (κ3) is 4.58. The van der Waals surface area contributed by atoms with E-state index in [0.717, 1.165) is 50.7 Å². The molecule has 4 rings (SSSR count). The highest BCUT2D eigenvalue weighted by Gasteiger charge is 2.18. The Kier molecular flexibility index (Phi) is 6.40. The largest absolute Gasteiger partial charge is 0.496 e. The molecule has 4 aromatic rings. The predicted octanol–water partition coefficient (Wildman–Crippen LogP) is 4.72. The number of ether oxygens (including phenoxy) is 1. The maximum absolute atomic E-state index is 13.4.